The number of rotatable bonds is 2. The van der Waals surface area contributed by atoms with Gasteiger partial charge in [-0.2, -0.15) is 0 Å². The molecule has 2 aromatic rings. The van der Waals surface area contributed by atoms with Gasteiger partial charge in [0.15, 0.2) is 10.8 Å². The van der Waals surface area contributed by atoms with E-state index in [0.29, 0.717) is 43.9 Å². The summed E-state index contributed by atoms with van der Waals surface area (Å²) in [5.74, 6) is -0.287. The summed E-state index contributed by atoms with van der Waals surface area (Å²) in [6, 6.07) is 1.45. The Bertz CT molecular complexity index is 803. The van der Waals surface area contributed by atoms with Gasteiger partial charge in [0, 0.05) is 40.1 Å². The molecule has 0 aliphatic carbocycles. The maximum absolute atomic E-state index is 12.6. The van der Waals surface area contributed by atoms with Crippen LogP contribution in [0.4, 0.5) is 0 Å². The van der Waals surface area contributed by atoms with Crippen LogP contribution in [-0.2, 0) is 16.0 Å². The van der Waals surface area contributed by atoms with E-state index in [9.17, 15) is 9.59 Å². The molecule has 0 bridgehead atoms. The van der Waals surface area contributed by atoms with Crippen LogP contribution in [0.3, 0.4) is 0 Å². The molecular formula is C16H21ClN4O4. The lowest BCUT2D eigenvalue weighted by atomic mass is 10.1. The number of carbonyl (C=O) groups excluding carboxylic acids is 1. The Morgan fingerprint density at radius 2 is 1.96 bits per heavy atom. The van der Waals surface area contributed by atoms with Crippen LogP contribution in [0.5, 0.6) is 0 Å². The Labute approximate surface area is 150 Å². The van der Waals surface area contributed by atoms with Gasteiger partial charge in [-0.05, 0) is 13.0 Å². The van der Waals surface area contributed by atoms with Crippen LogP contribution in [0.15, 0.2) is 17.1 Å². The first-order valence-corrected chi connectivity index (χ1v) is 8.24. The predicted octanol–water partition coefficient (Wildman–Crippen LogP) is 1.20. The molecular weight excluding hydrogens is 348 g/mol. The van der Waals surface area contributed by atoms with Crippen LogP contribution in [-0.4, -0.2) is 66.1 Å². The van der Waals surface area contributed by atoms with E-state index in [2.05, 4.69) is 14.9 Å². The van der Waals surface area contributed by atoms with Gasteiger partial charge in [0.1, 0.15) is 5.56 Å². The second-order valence-electron chi connectivity index (χ2n) is 5.38. The summed E-state index contributed by atoms with van der Waals surface area (Å²) >= 11 is 5.83. The summed E-state index contributed by atoms with van der Waals surface area (Å²) in [6.45, 7) is 4.41. The van der Waals surface area contributed by atoms with Crippen LogP contribution in [0, 0.1) is 0 Å². The molecule has 1 fully saturated rings. The number of fused-ring (bicyclic) bond motifs is 1. The summed E-state index contributed by atoms with van der Waals surface area (Å²) in [4.78, 5) is 26.8. The van der Waals surface area contributed by atoms with Crippen molar-refractivity contribution in [2.45, 2.75) is 13.5 Å². The monoisotopic (exact) mass is 368 g/mol. The zero-order chi connectivity index (χ0) is 18.4. The van der Waals surface area contributed by atoms with Gasteiger partial charge in [-0.1, -0.05) is 11.6 Å². The first-order valence-electron chi connectivity index (χ1n) is 7.87. The second-order valence-corrected chi connectivity index (χ2v) is 5.76. The molecule has 1 amide bonds. The maximum Gasteiger partial charge on any atom is 0.259 e. The summed E-state index contributed by atoms with van der Waals surface area (Å²) in [7, 11) is 3.25. The number of amides is 1. The molecule has 1 aliphatic heterocycles. The predicted molar refractivity (Wildman–Crippen MR) is 94.1 cm³/mol. The topological polar surface area (TPSA) is 86.6 Å². The lowest BCUT2D eigenvalue weighted by Gasteiger charge is -2.26. The molecule has 1 aliphatic rings. The van der Waals surface area contributed by atoms with Crippen molar-refractivity contribution >= 4 is 28.5 Å². The minimum atomic E-state index is -0.368. The van der Waals surface area contributed by atoms with Crippen molar-refractivity contribution in [2.24, 2.45) is 0 Å². The highest BCUT2D eigenvalue weighted by atomic mass is 35.5. The number of pyridine rings is 1. The Balaban J connectivity index is 0.000000701. The molecule has 25 heavy (non-hydrogen) atoms. The SMILES string of the molecule is CCn1cc(C(=O)N2CCOCC2)c(=O)c2cc(Cl)nnc21.COC. The number of aromatic nitrogens is 3. The van der Waals surface area contributed by atoms with Crippen LogP contribution in [0.1, 0.15) is 17.3 Å². The van der Waals surface area contributed by atoms with Gasteiger partial charge in [0.05, 0.1) is 18.6 Å². The average Bonchev–Trinajstić information content (AvgIpc) is 2.63. The summed E-state index contributed by atoms with van der Waals surface area (Å²) in [5, 5.41) is 8.16. The summed E-state index contributed by atoms with van der Waals surface area (Å²) in [6.07, 6.45) is 1.55. The van der Waals surface area contributed by atoms with Crippen molar-refractivity contribution in [3.8, 4) is 0 Å². The van der Waals surface area contributed by atoms with E-state index in [1.807, 2.05) is 6.92 Å². The summed E-state index contributed by atoms with van der Waals surface area (Å²) < 4.78 is 11.2. The Morgan fingerprint density at radius 3 is 2.56 bits per heavy atom. The van der Waals surface area contributed by atoms with Crippen LogP contribution < -0.4 is 5.43 Å². The fourth-order valence-corrected chi connectivity index (χ4v) is 2.64. The highest BCUT2D eigenvalue weighted by molar-refractivity contribution is 6.29. The van der Waals surface area contributed by atoms with Crippen LogP contribution in [0.2, 0.25) is 5.15 Å². The number of aryl methyl sites for hydroxylation is 1. The third-order valence-electron chi connectivity index (χ3n) is 3.66. The molecule has 136 valence electrons. The minimum absolute atomic E-state index is 0.125. The van der Waals surface area contributed by atoms with Gasteiger partial charge >= 0.3 is 0 Å². The van der Waals surface area contributed by atoms with Crippen molar-refractivity contribution in [1.29, 1.82) is 0 Å². The molecule has 0 radical (unpaired) electrons. The quantitative estimate of drug-likeness (QED) is 0.791. The molecule has 0 aromatic carbocycles. The van der Waals surface area contributed by atoms with Crippen molar-refractivity contribution in [1.82, 2.24) is 19.7 Å². The third kappa shape index (κ3) is 4.33. The van der Waals surface area contributed by atoms with Crippen LogP contribution in [0.25, 0.3) is 11.0 Å². The van der Waals surface area contributed by atoms with E-state index in [1.54, 1.807) is 29.9 Å². The first kappa shape index (κ1) is 19.3. The number of morpholine rings is 1. The Hall–Kier alpha value is -2.03. The van der Waals surface area contributed by atoms with E-state index < -0.39 is 0 Å². The van der Waals surface area contributed by atoms with Crippen molar-refractivity contribution in [2.75, 3.05) is 40.5 Å². The van der Waals surface area contributed by atoms with Crippen molar-refractivity contribution in [3.05, 3.63) is 33.2 Å². The number of carbonyl (C=O) groups is 1. The first-order chi connectivity index (χ1) is 12.0. The van der Waals surface area contributed by atoms with Gasteiger partial charge < -0.3 is 18.9 Å². The number of hydrogen-bond donors (Lipinski definition) is 0. The van der Waals surface area contributed by atoms with Gasteiger partial charge in [-0.25, -0.2) is 0 Å². The van der Waals surface area contributed by atoms with E-state index in [1.165, 1.54) is 6.07 Å². The smallest absolute Gasteiger partial charge is 0.259 e. The molecule has 0 saturated carbocycles. The number of halogens is 1. The van der Waals surface area contributed by atoms with E-state index in [0.717, 1.165) is 0 Å². The van der Waals surface area contributed by atoms with Gasteiger partial charge in [-0.15, -0.1) is 10.2 Å². The lowest BCUT2D eigenvalue weighted by Crippen LogP contribution is -2.42. The van der Waals surface area contributed by atoms with E-state index >= 15 is 0 Å². The largest absolute Gasteiger partial charge is 0.388 e. The Kier molecular flexibility index (Phi) is 6.86. The second kappa shape index (κ2) is 8.89. The van der Waals surface area contributed by atoms with E-state index in [-0.39, 0.29) is 22.1 Å². The highest BCUT2D eigenvalue weighted by Gasteiger charge is 2.23. The van der Waals surface area contributed by atoms with Gasteiger partial charge in [-0.3, -0.25) is 9.59 Å². The van der Waals surface area contributed by atoms with Crippen LogP contribution >= 0.6 is 11.6 Å². The highest BCUT2D eigenvalue weighted by Crippen LogP contribution is 2.14. The Morgan fingerprint density at radius 1 is 1.32 bits per heavy atom. The molecule has 2 aromatic heterocycles. The van der Waals surface area contributed by atoms with Crippen molar-refractivity contribution < 1.29 is 14.3 Å². The molecule has 3 rings (SSSR count). The zero-order valence-electron chi connectivity index (χ0n) is 14.5. The molecule has 9 heteroatoms. The third-order valence-corrected chi connectivity index (χ3v) is 3.84. The molecule has 0 spiro atoms. The fourth-order valence-electron chi connectivity index (χ4n) is 2.49. The average molecular weight is 369 g/mol. The molecule has 0 N–H and O–H groups in total. The van der Waals surface area contributed by atoms with Gasteiger partial charge in [0.2, 0.25) is 5.43 Å². The van der Waals surface area contributed by atoms with E-state index in [4.69, 9.17) is 16.3 Å². The fraction of sp³-hybridized carbons (Fsp3) is 0.500. The zero-order valence-corrected chi connectivity index (χ0v) is 15.2. The normalized spacial score (nSPS) is 14.2. The lowest BCUT2D eigenvalue weighted by molar-refractivity contribution is 0.0301. The number of methoxy groups -OCH3 is 1. The number of hydrogen-bond acceptors (Lipinski definition) is 6. The summed E-state index contributed by atoms with van der Waals surface area (Å²) in [5.41, 5.74) is 0.184. The van der Waals surface area contributed by atoms with Crippen molar-refractivity contribution in [3.63, 3.8) is 0 Å². The number of ether oxygens (including phenoxy) is 2. The van der Waals surface area contributed by atoms with Gasteiger partial charge in [0.25, 0.3) is 5.91 Å². The maximum atomic E-state index is 12.6. The molecule has 0 atom stereocenters. The molecule has 1 saturated heterocycles. The minimum Gasteiger partial charge on any atom is -0.388 e. The standard InChI is InChI=1S/C14H15ClN4O3.C2H6O/c1-2-18-8-10(14(21)19-3-5-22-6-4-19)12(20)9-7-11(15)16-17-13(9)18;1-3-2/h7-8H,2-6H2,1H3;1-2H3. The molecule has 0 unspecified atom stereocenters. The number of nitrogens with zero attached hydrogens (tertiary/aromatic N) is 4. The molecule has 8 nitrogen and oxygen atoms in total. The molecule has 3 heterocycles.